The Morgan fingerprint density at radius 2 is 0.971 bits per heavy atom. The third kappa shape index (κ3) is 3.94. The fourth-order valence-electron chi connectivity index (χ4n) is 1.87. The molecule has 0 saturated carbocycles. The normalized spacial score (nSPS) is 17.3. The topological polar surface area (TPSA) is 46.5 Å². The van der Waals surface area contributed by atoms with Crippen molar-refractivity contribution in [2.24, 2.45) is 0 Å². The maximum Gasteiger partial charge on any atom is 0.468 e. The van der Waals surface area contributed by atoms with E-state index >= 15 is 0 Å². The van der Waals surface area contributed by atoms with Crippen LogP contribution >= 0.6 is 0 Å². The number of aliphatic hydroxyl groups is 1. The van der Waals surface area contributed by atoms with E-state index in [9.17, 15) is 79.4 Å². The van der Waals surface area contributed by atoms with Crippen molar-refractivity contribution < 1.29 is 89.3 Å². The quantitative estimate of drug-likeness (QED) is 0.201. The largest absolute Gasteiger partial charge is 0.468 e. The Kier molecular flexibility index (Phi) is 7.79. The maximum atomic E-state index is 13.6. The van der Waals surface area contributed by atoms with Crippen molar-refractivity contribution in [2.45, 2.75) is 66.8 Å². The minimum Gasteiger partial charge on any atom is -0.393 e. The van der Waals surface area contributed by atoms with E-state index in [1.807, 2.05) is 0 Å². The Bertz CT molecular complexity index is 786. The molecule has 1 unspecified atom stereocenters. The molecule has 0 rings (SSSR count). The highest BCUT2D eigenvalue weighted by molar-refractivity contribution is 5.81. The number of carbonyl (C=O) groups excluding carboxylic acids is 1. The molecule has 0 aliphatic carbocycles. The van der Waals surface area contributed by atoms with Gasteiger partial charge in [0, 0.05) is 12.5 Å². The van der Waals surface area contributed by atoms with Crippen molar-refractivity contribution >= 4 is 5.97 Å². The number of rotatable bonds is 11. The second-order valence-corrected chi connectivity index (χ2v) is 6.27. The second kappa shape index (κ2) is 8.28. The summed E-state index contributed by atoms with van der Waals surface area (Å²) < 4.78 is 230. The molecule has 0 spiro atoms. The lowest BCUT2D eigenvalue weighted by Gasteiger charge is -2.44. The van der Waals surface area contributed by atoms with Gasteiger partial charge in [-0.05, 0) is 0 Å². The van der Waals surface area contributed by atoms with Crippen LogP contribution in [0.5, 0.6) is 0 Å². The second-order valence-electron chi connectivity index (χ2n) is 6.27. The van der Waals surface area contributed by atoms with E-state index in [4.69, 9.17) is 5.11 Å². The third-order valence-corrected chi connectivity index (χ3v) is 4.07. The molecule has 0 aromatic rings. The molecule has 0 aliphatic heterocycles. The lowest BCUT2D eigenvalue weighted by molar-refractivity contribution is -0.484. The average molecular weight is 548 g/mol. The van der Waals surface area contributed by atoms with Crippen LogP contribution in [0, 0.1) is 0 Å². The SMILES string of the molecule is C=CC(=O)OC(F)(F)C(O)(F)C(F)(F)C(F)(F)C(F)(F)C(F)(F)C(F)(F)C(F)(F)C(F)(F)CC. The number of halogens is 17. The van der Waals surface area contributed by atoms with Crippen LogP contribution in [0.25, 0.3) is 0 Å². The van der Waals surface area contributed by atoms with Gasteiger partial charge < -0.3 is 9.84 Å². The van der Waals surface area contributed by atoms with E-state index in [1.54, 1.807) is 0 Å². The predicted octanol–water partition coefficient (Wildman–Crippen LogP) is 5.82. The van der Waals surface area contributed by atoms with Gasteiger partial charge in [-0.25, -0.2) is 4.79 Å². The van der Waals surface area contributed by atoms with Crippen molar-refractivity contribution in [3.63, 3.8) is 0 Å². The van der Waals surface area contributed by atoms with Crippen LogP contribution in [-0.2, 0) is 9.53 Å². The summed E-state index contributed by atoms with van der Waals surface area (Å²) in [7, 11) is 0. The lowest BCUT2D eigenvalue weighted by atomic mass is 9.86. The maximum absolute atomic E-state index is 13.6. The van der Waals surface area contributed by atoms with Crippen LogP contribution < -0.4 is 0 Å². The molecule has 0 bridgehead atoms. The van der Waals surface area contributed by atoms with Crippen molar-refractivity contribution in [3.05, 3.63) is 12.7 Å². The Morgan fingerprint density at radius 3 is 1.26 bits per heavy atom. The average Bonchev–Trinajstić information content (AvgIpc) is 2.65. The molecule has 0 saturated heterocycles. The molecular weight excluding hydrogens is 539 g/mol. The fourth-order valence-corrected chi connectivity index (χ4v) is 1.87. The van der Waals surface area contributed by atoms with Gasteiger partial charge >= 0.3 is 59.4 Å². The number of carbonyl (C=O) groups is 1. The molecular formula is C14H9F17O3. The first-order chi connectivity index (χ1) is 14.5. The van der Waals surface area contributed by atoms with Crippen molar-refractivity contribution in [1.82, 2.24) is 0 Å². The molecule has 0 radical (unpaired) electrons. The summed E-state index contributed by atoms with van der Waals surface area (Å²) in [5.74, 6) is -67.3. The molecule has 0 amide bonds. The summed E-state index contributed by atoms with van der Waals surface area (Å²) in [4.78, 5) is 10.5. The van der Waals surface area contributed by atoms with Gasteiger partial charge in [0.1, 0.15) is 0 Å². The van der Waals surface area contributed by atoms with E-state index in [0.29, 0.717) is 0 Å². The van der Waals surface area contributed by atoms with E-state index in [0.717, 1.165) is 0 Å². The van der Waals surface area contributed by atoms with Gasteiger partial charge in [0.25, 0.3) is 0 Å². The third-order valence-electron chi connectivity index (χ3n) is 4.07. The molecule has 34 heavy (non-hydrogen) atoms. The van der Waals surface area contributed by atoms with Crippen LogP contribution in [-0.4, -0.2) is 64.5 Å². The molecule has 1 atom stereocenters. The highest BCUT2D eigenvalue weighted by atomic mass is 19.4. The molecule has 1 N–H and O–H groups in total. The minimum absolute atomic E-state index is 0.112. The van der Waals surface area contributed by atoms with E-state index in [2.05, 4.69) is 11.3 Å². The predicted molar refractivity (Wildman–Crippen MR) is 72.2 cm³/mol. The first-order valence-corrected chi connectivity index (χ1v) is 7.81. The summed E-state index contributed by atoms with van der Waals surface area (Å²) in [5.41, 5.74) is 0. The first kappa shape index (κ1) is 32.0. The molecule has 0 aliphatic rings. The Morgan fingerprint density at radius 1 is 0.676 bits per heavy atom. The minimum atomic E-state index is -8.78. The molecule has 20 heteroatoms. The molecule has 202 valence electrons. The number of alkyl halides is 17. The summed E-state index contributed by atoms with van der Waals surface area (Å²) >= 11 is 0. The zero-order valence-electron chi connectivity index (χ0n) is 15.7. The molecule has 0 fully saturated rings. The molecule has 3 nitrogen and oxygen atoms in total. The van der Waals surface area contributed by atoms with E-state index in [-0.39, 0.29) is 6.92 Å². The Balaban J connectivity index is 6.92. The fraction of sp³-hybridized carbons (Fsp3) is 0.786. The number of ether oxygens (including phenoxy) is 1. The van der Waals surface area contributed by atoms with Crippen LogP contribution in [0.1, 0.15) is 13.3 Å². The van der Waals surface area contributed by atoms with Crippen LogP contribution in [0.3, 0.4) is 0 Å². The van der Waals surface area contributed by atoms with Crippen LogP contribution in [0.2, 0.25) is 0 Å². The molecule has 0 heterocycles. The van der Waals surface area contributed by atoms with Gasteiger partial charge in [0.05, 0.1) is 0 Å². The number of hydrogen-bond donors (Lipinski definition) is 1. The van der Waals surface area contributed by atoms with Gasteiger partial charge in [-0.1, -0.05) is 13.5 Å². The standard InChI is InChI=1S/C14H9F17O3/c1-3-5(32)34-14(30,31)13(29,33)12(27,28)11(25,26)10(23,24)9(21,22)8(19,20)7(17,18)6(15,16)4-2/h3,33H,1,4H2,2H3. The summed E-state index contributed by atoms with van der Waals surface area (Å²) in [6.07, 6.45) is -10.0. The number of hydrogen-bond acceptors (Lipinski definition) is 3. The molecule has 0 aromatic carbocycles. The van der Waals surface area contributed by atoms with Gasteiger partial charge in [0.2, 0.25) is 0 Å². The van der Waals surface area contributed by atoms with Gasteiger partial charge in [-0.15, -0.1) is 0 Å². The van der Waals surface area contributed by atoms with Crippen molar-refractivity contribution in [1.29, 1.82) is 0 Å². The highest BCUT2D eigenvalue weighted by Gasteiger charge is 2.96. The highest BCUT2D eigenvalue weighted by Crippen LogP contribution is 2.64. The monoisotopic (exact) mass is 548 g/mol. The number of esters is 1. The summed E-state index contributed by atoms with van der Waals surface area (Å²) in [6.45, 7) is 2.19. The summed E-state index contributed by atoms with van der Waals surface area (Å²) in [5, 5.41) is 8.42. The first-order valence-electron chi connectivity index (χ1n) is 7.81. The Hall–Kier alpha value is -2.02. The molecule has 0 aromatic heterocycles. The van der Waals surface area contributed by atoms with E-state index < -0.39 is 71.9 Å². The van der Waals surface area contributed by atoms with E-state index in [1.165, 1.54) is 0 Å². The van der Waals surface area contributed by atoms with Crippen LogP contribution in [0.15, 0.2) is 12.7 Å². The zero-order chi connectivity index (χ0) is 28.2. The van der Waals surface area contributed by atoms with Crippen molar-refractivity contribution in [3.8, 4) is 0 Å². The van der Waals surface area contributed by atoms with Gasteiger partial charge in [-0.3, -0.25) is 0 Å². The lowest BCUT2D eigenvalue weighted by Crippen LogP contribution is -2.76. The van der Waals surface area contributed by atoms with Crippen molar-refractivity contribution in [2.75, 3.05) is 0 Å². The zero-order valence-corrected chi connectivity index (χ0v) is 15.7. The Labute approximate surface area is 176 Å². The van der Waals surface area contributed by atoms with Gasteiger partial charge in [0.15, 0.2) is 0 Å². The van der Waals surface area contributed by atoms with Gasteiger partial charge in [-0.2, -0.15) is 74.6 Å². The van der Waals surface area contributed by atoms with Crippen LogP contribution in [0.4, 0.5) is 74.6 Å². The summed E-state index contributed by atoms with van der Waals surface area (Å²) in [6, 6.07) is 0. The smallest absolute Gasteiger partial charge is 0.393 e.